The molecule has 9 nitrogen and oxygen atoms in total. The molecule has 1 heterocycles. The average molecular weight is 408 g/mol. The number of carbonyl (C=O) groups excluding carboxylic acids is 1. The van der Waals surface area contributed by atoms with E-state index in [1.165, 1.54) is 30.6 Å². The molecule has 0 fully saturated rings. The van der Waals surface area contributed by atoms with Crippen LogP contribution in [0.4, 0.5) is 5.69 Å². The molecule has 2 aromatic rings. The van der Waals surface area contributed by atoms with Crippen molar-refractivity contribution in [3.05, 3.63) is 44.4 Å². The molecule has 1 aromatic heterocycles. The highest BCUT2D eigenvalue weighted by Crippen LogP contribution is 2.35. The molecule has 0 aliphatic heterocycles. The summed E-state index contributed by atoms with van der Waals surface area (Å²) in [6.07, 6.45) is 0. The Kier molecular flexibility index (Phi) is 8.15. The van der Waals surface area contributed by atoms with Gasteiger partial charge in [-0.15, -0.1) is 11.3 Å². The number of nitro benzene ring substituents is 1. The zero-order valence-corrected chi connectivity index (χ0v) is 17.0. The number of likely N-dealkylation sites (N-methyl/N-ethyl adjacent to an activating group) is 1. The van der Waals surface area contributed by atoms with Crippen molar-refractivity contribution in [2.24, 2.45) is 0 Å². The molecule has 28 heavy (non-hydrogen) atoms. The van der Waals surface area contributed by atoms with Crippen molar-refractivity contribution < 1.29 is 19.2 Å². The smallest absolute Gasteiger partial charge is 0.286 e. The van der Waals surface area contributed by atoms with Crippen molar-refractivity contribution in [2.45, 2.75) is 20.5 Å². The number of ether oxygens (including phenoxy) is 2. The molecule has 152 valence electrons. The highest BCUT2D eigenvalue weighted by atomic mass is 32.1. The number of rotatable bonds is 11. The summed E-state index contributed by atoms with van der Waals surface area (Å²) in [5.74, 6) is -0.0974. The number of nitro groups is 1. The van der Waals surface area contributed by atoms with Crippen LogP contribution in [0.5, 0.6) is 11.5 Å². The normalized spacial score (nSPS) is 10.7. The van der Waals surface area contributed by atoms with Gasteiger partial charge in [0.1, 0.15) is 12.2 Å². The van der Waals surface area contributed by atoms with Crippen molar-refractivity contribution >= 4 is 22.9 Å². The van der Waals surface area contributed by atoms with Crippen LogP contribution in [0.3, 0.4) is 0 Å². The van der Waals surface area contributed by atoms with Crippen LogP contribution in [-0.2, 0) is 6.61 Å². The quantitative estimate of drug-likeness (QED) is 0.450. The van der Waals surface area contributed by atoms with Crippen LogP contribution in [-0.4, -0.2) is 54.0 Å². The van der Waals surface area contributed by atoms with E-state index in [2.05, 4.69) is 15.2 Å². The molecule has 0 radical (unpaired) electrons. The lowest BCUT2D eigenvalue weighted by atomic mass is 10.1. The maximum absolute atomic E-state index is 12.5. The average Bonchev–Trinajstić information content (AvgIpc) is 3.22. The first-order chi connectivity index (χ1) is 13.5. The van der Waals surface area contributed by atoms with E-state index < -0.39 is 10.8 Å². The number of hydrogen-bond donors (Lipinski definition) is 1. The van der Waals surface area contributed by atoms with Gasteiger partial charge in [-0.3, -0.25) is 14.9 Å². The van der Waals surface area contributed by atoms with Crippen molar-refractivity contribution in [1.82, 2.24) is 15.2 Å². The monoisotopic (exact) mass is 408 g/mol. The largest absolute Gasteiger partial charge is 0.493 e. The Morgan fingerprint density at radius 2 is 2.07 bits per heavy atom. The Morgan fingerprint density at radius 3 is 2.64 bits per heavy atom. The Bertz CT molecular complexity index is 794. The minimum absolute atomic E-state index is 0.0672. The standard InChI is InChI=1S/C18H24N4O5S/c1-4-21(5-2)7-6-19-18(23)14-8-16(26-3)17(9-15(14)22(24)25)27-10-13-11-28-12-20-13/h8-9,11-12H,4-7,10H2,1-3H3,(H,19,23). The van der Waals surface area contributed by atoms with Crippen molar-refractivity contribution in [3.63, 3.8) is 0 Å². The Morgan fingerprint density at radius 1 is 1.32 bits per heavy atom. The fraction of sp³-hybridized carbons (Fsp3) is 0.444. The van der Waals surface area contributed by atoms with Crippen LogP contribution in [0.15, 0.2) is 23.0 Å². The molecule has 0 aliphatic rings. The molecule has 0 unspecified atom stereocenters. The first-order valence-electron chi connectivity index (χ1n) is 8.86. The second kappa shape index (κ2) is 10.6. The van der Waals surface area contributed by atoms with Crippen molar-refractivity contribution in [3.8, 4) is 11.5 Å². The minimum atomic E-state index is -0.603. The lowest BCUT2D eigenvalue weighted by Gasteiger charge is -2.18. The van der Waals surface area contributed by atoms with E-state index in [0.29, 0.717) is 18.8 Å². The van der Waals surface area contributed by atoms with Gasteiger partial charge in [-0.25, -0.2) is 4.98 Å². The number of carbonyl (C=O) groups is 1. The number of nitrogens with zero attached hydrogens (tertiary/aromatic N) is 3. The van der Waals surface area contributed by atoms with Gasteiger partial charge in [0.25, 0.3) is 11.6 Å². The third-order valence-electron chi connectivity index (χ3n) is 4.19. The zero-order valence-electron chi connectivity index (χ0n) is 16.1. The van der Waals surface area contributed by atoms with Crippen LogP contribution >= 0.6 is 11.3 Å². The van der Waals surface area contributed by atoms with E-state index in [1.54, 1.807) is 5.51 Å². The van der Waals surface area contributed by atoms with E-state index >= 15 is 0 Å². The summed E-state index contributed by atoms with van der Waals surface area (Å²) in [6.45, 7) is 7.00. The van der Waals surface area contributed by atoms with Crippen LogP contribution in [0.25, 0.3) is 0 Å². The van der Waals surface area contributed by atoms with Gasteiger partial charge in [-0.1, -0.05) is 13.8 Å². The molecular weight excluding hydrogens is 384 g/mol. The highest BCUT2D eigenvalue weighted by Gasteiger charge is 2.25. The summed E-state index contributed by atoms with van der Waals surface area (Å²) in [6, 6.07) is 2.55. The summed E-state index contributed by atoms with van der Waals surface area (Å²) in [5.41, 5.74) is 1.97. The molecule has 1 aromatic carbocycles. The lowest BCUT2D eigenvalue weighted by molar-refractivity contribution is -0.385. The Balaban J connectivity index is 2.18. The van der Waals surface area contributed by atoms with Gasteiger partial charge in [0, 0.05) is 24.5 Å². The first-order valence-corrected chi connectivity index (χ1v) is 9.81. The van der Waals surface area contributed by atoms with E-state index in [0.717, 1.165) is 13.1 Å². The summed E-state index contributed by atoms with van der Waals surface area (Å²) in [5, 5.41) is 16.0. The van der Waals surface area contributed by atoms with Gasteiger partial charge in [0.15, 0.2) is 11.5 Å². The second-order valence-electron chi connectivity index (χ2n) is 5.83. The topological polar surface area (TPSA) is 107 Å². The molecular formula is C18H24N4O5S. The fourth-order valence-corrected chi connectivity index (χ4v) is 3.12. The molecule has 1 N–H and O–H groups in total. The van der Waals surface area contributed by atoms with Gasteiger partial charge < -0.3 is 19.7 Å². The maximum Gasteiger partial charge on any atom is 0.286 e. The molecule has 0 saturated heterocycles. The predicted octanol–water partition coefficient (Wildman–Crippen LogP) is 2.71. The third-order valence-corrected chi connectivity index (χ3v) is 4.83. The van der Waals surface area contributed by atoms with Crippen molar-refractivity contribution in [1.29, 1.82) is 0 Å². The summed E-state index contributed by atoms with van der Waals surface area (Å²) in [4.78, 5) is 29.7. The minimum Gasteiger partial charge on any atom is -0.493 e. The molecule has 0 bridgehead atoms. The number of benzene rings is 1. The number of amides is 1. The SMILES string of the molecule is CCN(CC)CCNC(=O)c1cc(OC)c(OCc2cscn2)cc1[N+](=O)[O-]. The number of nitrogens with one attached hydrogen (secondary N) is 1. The fourth-order valence-electron chi connectivity index (χ4n) is 2.58. The van der Waals surface area contributed by atoms with E-state index in [1.807, 2.05) is 19.2 Å². The van der Waals surface area contributed by atoms with Gasteiger partial charge in [0.2, 0.25) is 0 Å². The first kappa shape index (κ1) is 21.6. The van der Waals surface area contributed by atoms with Gasteiger partial charge in [-0.2, -0.15) is 0 Å². The van der Waals surface area contributed by atoms with Crippen LogP contribution in [0, 0.1) is 10.1 Å². The number of aromatic nitrogens is 1. The molecule has 0 aliphatic carbocycles. The van der Waals surface area contributed by atoms with E-state index in [4.69, 9.17) is 9.47 Å². The Labute approximate surface area is 167 Å². The molecule has 0 atom stereocenters. The molecule has 2 rings (SSSR count). The number of thiazole rings is 1. The molecule has 0 spiro atoms. The maximum atomic E-state index is 12.5. The number of methoxy groups -OCH3 is 1. The van der Waals surface area contributed by atoms with Gasteiger partial charge >= 0.3 is 0 Å². The highest BCUT2D eigenvalue weighted by molar-refractivity contribution is 7.07. The van der Waals surface area contributed by atoms with Crippen LogP contribution in [0.2, 0.25) is 0 Å². The zero-order chi connectivity index (χ0) is 20.5. The van der Waals surface area contributed by atoms with Crippen LogP contribution in [0.1, 0.15) is 29.9 Å². The summed E-state index contributed by atoms with van der Waals surface area (Å²) in [7, 11) is 1.42. The van der Waals surface area contributed by atoms with Gasteiger partial charge in [-0.05, 0) is 13.1 Å². The van der Waals surface area contributed by atoms with Crippen LogP contribution < -0.4 is 14.8 Å². The predicted molar refractivity (Wildman–Crippen MR) is 106 cm³/mol. The lowest BCUT2D eigenvalue weighted by Crippen LogP contribution is -2.35. The summed E-state index contributed by atoms with van der Waals surface area (Å²) >= 11 is 1.42. The molecule has 10 heteroatoms. The summed E-state index contributed by atoms with van der Waals surface area (Å²) < 4.78 is 10.9. The Hall–Kier alpha value is -2.72. The number of hydrogen-bond acceptors (Lipinski definition) is 8. The third kappa shape index (κ3) is 5.64. The molecule has 1 amide bonds. The van der Waals surface area contributed by atoms with E-state index in [-0.39, 0.29) is 29.4 Å². The molecule has 0 saturated carbocycles. The van der Waals surface area contributed by atoms with Gasteiger partial charge in [0.05, 0.1) is 29.3 Å². The van der Waals surface area contributed by atoms with E-state index in [9.17, 15) is 14.9 Å². The second-order valence-corrected chi connectivity index (χ2v) is 6.55. The van der Waals surface area contributed by atoms with Crippen molar-refractivity contribution in [2.75, 3.05) is 33.3 Å².